The molecule has 5 nitrogen and oxygen atoms in total. The molecule has 2 bridgehead atoms. The molecule has 3 rings (SSSR count). The molecular weight excluding hydrogens is 234 g/mol. The molecule has 0 N–H and O–H groups in total. The number of fused-ring (bicyclic) bond motifs is 1. The minimum absolute atomic E-state index is 0.100. The number of amides is 1. The molecule has 100 valence electrons. The van der Waals surface area contributed by atoms with Gasteiger partial charge in [-0.15, -0.1) is 0 Å². The van der Waals surface area contributed by atoms with Gasteiger partial charge in [-0.05, 0) is 31.3 Å². The van der Waals surface area contributed by atoms with Crippen molar-refractivity contribution in [3.8, 4) is 0 Å². The number of esters is 1. The number of hydrogen-bond acceptors (Lipinski definition) is 4. The molecule has 0 aromatic heterocycles. The highest BCUT2D eigenvalue weighted by Crippen LogP contribution is 2.41. The van der Waals surface area contributed by atoms with Gasteiger partial charge in [0.15, 0.2) is 0 Å². The van der Waals surface area contributed by atoms with Crippen LogP contribution in [-0.2, 0) is 14.3 Å². The van der Waals surface area contributed by atoms with E-state index in [1.165, 1.54) is 12.0 Å². The van der Waals surface area contributed by atoms with Gasteiger partial charge in [-0.3, -0.25) is 4.90 Å². The van der Waals surface area contributed by atoms with Crippen molar-refractivity contribution in [3.63, 3.8) is 0 Å². The summed E-state index contributed by atoms with van der Waals surface area (Å²) in [5.74, 6) is -0.0550. The first kappa shape index (κ1) is 12.9. The Balaban J connectivity index is 2.04. The van der Waals surface area contributed by atoms with Crippen LogP contribution < -0.4 is 0 Å². The summed E-state index contributed by atoms with van der Waals surface area (Å²) in [4.78, 5) is 25.1. The standard InChI is InChI=1S/C13H19NO4/c1-3-4-5-18-13(16)14-10-6-9(7-10)8-11(14)12(15)17-2/h8-10H,3-7H2,1-2H3. The van der Waals surface area contributed by atoms with Crippen LogP contribution in [-0.4, -0.2) is 36.7 Å². The Labute approximate surface area is 107 Å². The second-order valence-electron chi connectivity index (χ2n) is 4.77. The van der Waals surface area contributed by atoms with E-state index >= 15 is 0 Å². The van der Waals surface area contributed by atoms with Crippen molar-refractivity contribution in [1.82, 2.24) is 4.90 Å². The fraction of sp³-hybridized carbons (Fsp3) is 0.692. The molecule has 5 heteroatoms. The molecule has 0 saturated heterocycles. The number of nitrogens with zero attached hydrogens (tertiary/aromatic N) is 1. The monoisotopic (exact) mass is 253 g/mol. The van der Waals surface area contributed by atoms with Gasteiger partial charge in [0.1, 0.15) is 5.70 Å². The summed E-state index contributed by atoms with van der Waals surface area (Å²) in [7, 11) is 1.32. The summed E-state index contributed by atoms with van der Waals surface area (Å²) < 4.78 is 9.89. The van der Waals surface area contributed by atoms with Crippen molar-refractivity contribution in [2.75, 3.05) is 13.7 Å². The molecule has 2 aliphatic heterocycles. The van der Waals surface area contributed by atoms with Crippen LogP contribution in [0, 0.1) is 5.92 Å². The summed E-state index contributed by atoms with van der Waals surface area (Å²) in [5.41, 5.74) is 0.339. The molecule has 18 heavy (non-hydrogen) atoms. The van der Waals surface area contributed by atoms with Gasteiger partial charge in [0.2, 0.25) is 0 Å². The van der Waals surface area contributed by atoms with Crippen molar-refractivity contribution in [2.24, 2.45) is 5.92 Å². The van der Waals surface area contributed by atoms with E-state index in [1.54, 1.807) is 0 Å². The first-order chi connectivity index (χ1) is 8.67. The Hall–Kier alpha value is -1.52. The molecule has 0 radical (unpaired) electrons. The third-order valence-corrected chi connectivity index (χ3v) is 3.48. The highest BCUT2D eigenvalue weighted by Gasteiger charge is 2.44. The second kappa shape index (κ2) is 5.42. The van der Waals surface area contributed by atoms with Crippen LogP contribution in [0.3, 0.4) is 0 Å². The van der Waals surface area contributed by atoms with E-state index in [-0.39, 0.29) is 6.04 Å². The topological polar surface area (TPSA) is 55.8 Å². The fourth-order valence-corrected chi connectivity index (χ4v) is 2.37. The van der Waals surface area contributed by atoms with Crippen LogP contribution >= 0.6 is 0 Å². The number of allylic oxidation sites excluding steroid dienone is 1. The third kappa shape index (κ3) is 2.35. The molecule has 1 aliphatic carbocycles. The summed E-state index contributed by atoms with van der Waals surface area (Å²) in [6, 6.07) is 0.100. The average molecular weight is 253 g/mol. The number of carbonyl (C=O) groups excluding carboxylic acids is 2. The Morgan fingerprint density at radius 3 is 2.78 bits per heavy atom. The lowest BCUT2D eigenvalue weighted by Crippen LogP contribution is -2.52. The maximum absolute atomic E-state index is 12.0. The molecule has 0 atom stereocenters. The van der Waals surface area contributed by atoms with E-state index in [0.717, 1.165) is 25.7 Å². The number of carbonyl (C=O) groups is 2. The first-order valence-corrected chi connectivity index (χ1v) is 6.43. The summed E-state index contributed by atoms with van der Waals surface area (Å²) in [5, 5.41) is 0. The van der Waals surface area contributed by atoms with Crippen LogP contribution in [0.15, 0.2) is 11.8 Å². The molecule has 0 unspecified atom stereocenters. The Bertz CT molecular complexity index is 371. The zero-order chi connectivity index (χ0) is 13.1. The molecule has 0 aromatic rings. The zero-order valence-electron chi connectivity index (χ0n) is 10.8. The molecule has 1 fully saturated rings. The number of hydrogen-bond donors (Lipinski definition) is 0. The highest BCUT2D eigenvalue weighted by atomic mass is 16.6. The predicted molar refractivity (Wildman–Crippen MR) is 64.7 cm³/mol. The zero-order valence-corrected chi connectivity index (χ0v) is 10.8. The van der Waals surface area contributed by atoms with Crippen LogP contribution in [0.4, 0.5) is 4.79 Å². The molecule has 2 heterocycles. The van der Waals surface area contributed by atoms with E-state index < -0.39 is 12.1 Å². The van der Waals surface area contributed by atoms with Gasteiger partial charge in [-0.2, -0.15) is 0 Å². The quantitative estimate of drug-likeness (QED) is 0.568. The lowest BCUT2D eigenvalue weighted by molar-refractivity contribution is -0.139. The lowest BCUT2D eigenvalue weighted by Gasteiger charge is -2.46. The molecular formula is C13H19NO4. The number of methoxy groups -OCH3 is 1. The van der Waals surface area contributed by atoms with Crippen LogP contribution in [0.25, 0.3) is 0 Å². The van der Waals surface area contributed by atoms with E-state index in [2.05, 4.69) is 0 Å². The van der Waals surface area contributed by atoms with E-state index in [1.807, 2.05) is 13.0 Å². The third-order valence-electron chi connectivity index (χ3n) is 3.48. The summed E-state index contributed by atoms with van der Waals surface area (Å²) in [6.45, 7) is 2.43. The number of ether oxygens (including phenoxy) is 2. The van der Waals surface area contributed by atoms with Gasteiger partial charge in [-0.1, -0.05) is 13.3 Å². The minimum atomic E-state index is -0.461. The first-order valence-electron chi connectivity index (χ1n) is 6.43. The Kier molecular flexibility index (Phi) is 3.89. The smallest absolute Gasteiger partial charge is 0.414 e. The maximum Gasteiger partial charge on any atom is 0.414 e. The van der Waals surface area contributed by atoms with Crippen molar-refractivity contribution in [2.45, 2.75) is 38.6 Å². The molecule has 3 aliphatic rings. The maximum atomic E-state index is 12.0. The minimum Gasteiger partial charge on any atom is -0.464 e. The van der Waals surface area contributed by atoms with E-state index in [9.17, 15) is 9.59 Å². The largest absolute Gasteiger partial charge is 0.464 e. The van der Waals surface area contributed by atoms with Crippen LogP contribution in [0.1, 0.15) is 32.6 Å². The van der Waals surface area contributed by atoms with Gasteiger partial charge in [0, 0.05) is 6.04 Å². The summed E-state index contributed by atoms with van der Waals surface area (Å²) in [6.07, 6.45) is 5.05. The van der Waals surface area contributed by atoms with Crippen LogP contribution in [0.2, 0.25) is 0 Å². The summed E-state index contributed by atoms with van der Waals surface area (Å²) >= 11 is 0. The second-order valence-corrected chi connectivity index (χ2v) is 4.77. The number of rotatable bonds is 4. The highest BCUT2D eigenvalue weighted by molar-refractivity contribution is 5.93. The van der Waals surface area contributed by atoms with Gasteiger partial charge in [0.25, 0.3) is 0 Å². The Morgan fingerprint density at radius 1 is 1.44 bits per heavy atom. The normalized spacial score (nSPS) is 25.0. The van der Waals surface area contributed by atoms with E-state index in [0.29, 0.717) is 18.2 Å². The molecule has 0 spiro atoms. The van der Waals surface area contributed by atoms with Crippen molar-refractivity contribution in [1.29, 1.82) is 0 Å². The SMILES string of the molecule is CCCCOC(=O)N1C(C(=O)OC)=CC2CC1C2. The van der Waals surface area contributed by atoms with Crippen molar-refractivity contribution >= 4 is 12.1 Å². The predicted octanol–water partition coefficient (Wildman–Crippen LogP) is 2.07. The van der Waals surface area contributed by atoms with Crippen molar-refractivity contribution < 1.29 is 19.1 Å². The molecule has 1 amide bonds. The van der Waals surface area contributed by atoms with Gasteiger partial charge < -0.3 is 9.47 Å². The Morgan fingerprint density at radius 2 is 2.17 bits per heavy atom. The average Bonchev–Trinajstić information content (AvgIpc) is 2.36. The van der Waals surface area contributed by atoms with Crippen LogP contribution in [0.5, 0.6) is 0 Å². The van der Waals surface area contributed by atoms with E-state index in [4.69, 9.17) is 9.47 Å². The fourth-order valence-electron chi connectivity index (χ4n) is 2.37. The lowest BCUT2D eigenvalue weighted by atomic mass is 9.75. The molecule has 0 aromatic carbocycles. The van der Waals surface area contributed by atoms with Gasteiger partial charge >= 0.3 is 12.1 Å². The molecule has 1 saturated carbocycles. The van der Waals surface area contributed by atoms with Gasteiger partial charge in [0.05, 0.1) is 13.7 Å². The van der Waals surface area contributed by atoms with Gasteiger partial charge in [-0.25, -0.2) is 9.59 Å². The number of unbranched alkanes of at least 4 members (excludes halogenated alkanes) is 1. The van der Waals surface area contributed by atoms with Crippen molar-refractivity contribution in [3.05, 3.63) is 11.8 Å².